The van der Waals surface area contributed by atoms with Crippen LogP contribution in [-0.2, 0) is 14.6 Å². The highest BCUT2D eigenvalue weighted by molar-refractivity contribution is 7.90. The number of nitrogens with one attached hydrogen (secondary N) is 2. The first kappa shape index (κ1) is 14.0. The quantitative estimate of drug-likeness (QED) is 0.868. The number of piperidine rings is 1. The second-order valence-corrected chi connectivity index (χ2v) is 6.79. The molecule has 0 bridgehead atoms. The summed E-state index contributed by atoms with van der Waals surface area (Å²) in [7, 11) is -3.34. The molecule has 2 rings (SSSR count). The summed E-state index contributed by atoms with van der Waals surface area (Å²) in [5.74, 6) is -0.218. The molecule has 1 unspecified atom stereocenters. The molecule has 104 valence electrons. The molecule has 1 amide bonds. The summed E-state index contributed by atoms with van der Waals surface area (Å²) in [5, 5.41) is 5.90. The van der Waals surface area contributed by atoms with Crippen molar-refractivity contribution in [2.45, 2.75) is 17.7 Å². The van der Waals surface area contributed by atoms with Crippen LogP contribution < -0.4 is 10.6 Å². The smallest absolute Gasteiger partial charge is 0.228 e. The van der Waals surface area contributed by atoms with Crippen LogP contribution in [0.2, 0.25) is 0 Å². The third-order valence-electron chi connectivity index (χ3n) is 3.21. The fourth-order valence-corrected chi connectivity index (χ4v) is 3.05. The van der Waals surface area contributed by atoms with Crippen molar-refractivity contribution in [2.24, 2.45) is 5.92 Å². The Labute approximate surface area is 113 Å². The fourth-order valence-electron chi connectivity index (χ4n) is 2.20. The predicted octanol–water partition coefficient (Wildman–Crippen LogP) is 1.03. The minimum absolute atomic E-state index is 0.0960. The van der Waals surface area contributed by atoms with Crippen LogP contribution in [-0.4, -0.2) is 33.7 Å². The maximum absolute atomic E-state index is 12.1. The van der Waals surface area contributed by atoms with E-state index in [0.29, 0.717) is 12.2 Å². The first-order chi connectivity index (χ1) is 8.98. The van der Waals surface area contributed by atoms with E-state index in [9.17, 15) is 13.2 Å². The number of rotatable bonds is 3. The Morgan fingerprint density at radius 1 is 1.37 bits per heavy atom. The van der Waals surface area contributed by atoms with E-state index in [1.54, 1.807) is 18.2 Å². The lowest BCUT2D eigenvalue weighted by Crippen LogP contribution is -2.37. The molecule has 5 nitrogen and oxygen atoms in total. The van der Waals surface area contributed by atoms with Gasteiger partial charge in [0.2, 0.25) is 5.91 Å². The van der Waals surface area contributed by atoms with Crippen molar-refractivity contribution in [3.8, 4) is 0 Å². The average Bonchev–Trinajstić information content (AvgIpc) is 2.39. The second-order valence-electron chi connectivity index (χ2n) is 4.80. The molecule has 6 heteroatoms. The van der Waals surface area contributed by atoms with E-state index in [0.717, 1.165) is 25.6 Å². The number of hydrogen-bond donors (Lipinski definition) is 2. The standard InChI is InChI=1S/C13H18N2O3S/c1-19(17,18)12-7-3-2-6-11(12)15-13(16)10-5-4-8-14-9-10/h2-3,6-7,10,14H,4-5,8-9H2,1H3,(H,15,16). The number of sulfone groups is 1. The average molecular weight is 282 g/mol. The van der Waals surface area contributed by atoms with E-state index in [4.69, 9.17) is 0 Å². The summed E-state index contributed by atoms with van der Waals surface area (Å²) < 4.78 is 23.3. The Kier molecular flexibility index (Phi) is 4.21. The third-order valence-corrected chi connectivity index (χ3v) is 4.37. The SMILES string of the molecule is CS(=O)(=O)c1ccccc1NC(=O)C1CCCNC1. The number of hydrogen-bond acceptors (Lipinski definition) is 4. The van der Waals surface area contributed by atoms with Crippen LogP contribution >= 0.6 is 0 Å². The van der Waals surface area contributed by atoms with E-state index in [1.165, 1.54) is 6.07 Å². The Morgan fingerprint density at radius 3 is 2.74 bits per heavy atom. The predicted molar refractivity (Wildman–Crippen MR) is 73.8 cm³/mol. The molecule has 1 aliphatic rings. The van der Waals surface area contributed by atoms with E-state index < -0.39 is 9.84 Å². The zero-order chi connectivity index (χ0) is 13.9. The minimum Gasteiger partial charge on any atom is -0.325 e. The van der Waals surface area contributed by atoms with Crippen molar-refractivity contribution in [1.29, 1.82) is 0 Å². The molecular formula is C13H18N2O3S. The van der Waals surface area contributed by atoms with Gasteiger partial charge in [0.15, 0.2) is 9.84 Å². The minimum atomic E-state index is -3.34. The number of carbonyl (C=O) groups is 1. The molecule has 19 heavy (non-hydrogen) atoms. The highest BCUT2D eigenvalue weighted by Crippen LogP contribution is 2.22. The van der Waals surface area contributed by atoms with E-state index in [2.05, 4.69) is 10.6 Å². The van der Waals surface area contributed by atoms with Gasteiger partial charge in [0.1, 0.15) is 0 Å². The molecule has 1 aromatic carbocycles. The maximum Gasteiger partial charge on any atom is 0.228 e. The number of benzene rings is 1. The summed E-state index contributed by atoms with van der Waals surface area (Å²) >= 11 is 0. The molecule has 1 heterocycles. The van der Waals surface area contributed by atoms with Gasteiger partial charge in [-0.05, 0) is 31.5 Å². The van der Waals surface area contributed by atoms with Crippen LogP contribution in [0.4, 0.5) is 5.69 Å². The topological polar surface area (TPSA) is 75.3 Å². The van der Waals surface area contributed by atoms with Gasteiger partial charge in [-0.15, -0.1) is 0 Å². The van der Waals surface area contributed by atoms with Crippen LogP contribution in [0.1, 0.15) is 12.8 Å². The van der Waals surface area contributed by atoms with Crippen molar-refractivity contribution in [3.05, 3.63) is 24.3 Å². The molecular weight excluding hydrogens is 264 g/mol. The highest BCUT2D eigenvalue weighted by Gasteiger charge is 2.22. The second kappa shape index (κ2) is 5.71. The van der Waals surface area contributed by atoms with Gasteiger partial charge < -0.3 is 10.6 Å². The number of amides is 1. The highest BCUT2D eigenvalue weighted by atomic mass is 32.2. The lowest BCUT2D eigenvalue weighted by atomic mass is 9.99. The van der Waals surface area contributed by atoms with E-state index >= 15 is 0 Å². The molecule has 1 aliphatic heterocycles. The molecule has 0 radical (unpaired) electrons. The van der Waals surface area contributed by atoms with Gasteiger partial charge in [0.05, 0.1) is 16.5 Å². The number of anilines is 1. The molecule has 1 fully saturated rings. The Bertz CT molecular complexity index is 563. The summed E-state index contributed by atoms with van der Waals surface area (Å²) in [6.45, 7) is 1.58. The van der Waals surface area contributed by atoms with Crippen molar-refractivity contribution < 1.29 is 13.2 Å². The van der Waals surface area contributed by atoms with Crippen molar-refractivity contribution in [3.63, 3.8) is 0 Å². The Balaban J connectivity index is 2.17. The monoisotopic (exact) mass is 282 g/mol. The first-order valence-corrected chi connectivity index (χ1v) is 8.18. The number of para-hydroxylation sites is 1. The van der Waals surface area contributed by atoms with E-state index in [1.807, 2.05) is 0 Å². The summed E-state index contributed by atoms with van der Waals surface area (Å²) in [6, 6.07) is 6.48. The number of carbonyl (C=O) groups excluding carboxylic acids is 1. The van der Waals surface area contributed by atoms with Gasteiger partial charge in [-0.2, -0.15) is 0 Å². The zero-order valence-electron chi connectivity index (χ0n) is 10.8. The van der Waals surface area contributed by atoms with Crippen LogP contribution in [0.15, 0.2) is 29.2 Å². The molecule has 2 N–H and O–H groups in total. The summed E-state index contributed by atoms with van der Waals surface area (Å²) in [4.78, 5) is 12.3. The Morgan fingerprint density at radius 2 is 2.11 bits per heavy atom. The molecule has 0 saturated carbocycles. The lowest BCUT2D eigenvalue weighted by molar-refractivity contribution is -0.120. The molecule has 0 spiro atoms. The van der Waals surface area contributed by atoms with Crippen LogP contribution in [0.25, 0.3) is 0 Å². The molecule has 1 saturated heterocycles. The fraction of sp³-hybridized carbons (Fsp3) is 0.462. The van der Waals surface area contributed by atoms with Crippen molar-refractivity contribution in [2.75, 3.05) is 24.7 Å². The van der Waals surface area contributed by atoms with Gasteiger partial charge in [-0.25, -0.2) is 8.42 Å². The van der Waals surface area contributed by atoms with Gasteiger partial charge in [-0.3, -0.25) is 4.79 Å². The van der Waals surface area contributed by atoms with Crippen LogP contribution in [0, 0.1) is 5.92 Å². The normalized spacial score (nSPS) is 19.9. The summed E-state index contributed by atoms with van der Waals surface area (Å²) in [6.07, 6.45) is 2.94. The first-order valence-electron chi connectivity index (χ1n) is 6.29. The van der Waals surface area contributed by atoms with Crippen LogP contribution in [0.3, 0.4) is 0 Å². The van der Waals surface area contributed by atoms with Crippen LogP contribution in [0.5, 0.6) is 0 Å². The zero-order valence-corrected chi connectivity index (χ0v) is 11.7. The lowest BCUT2D eigenvalue weighted by Gasteiger charge is -2.22. The van der Waals surface area contributed by atoms with Crippen molar-refractivity contribution >= 4 is 21.4 Å². The molecule has 1 aromatic rings. The van der Waals surface area contributed by atoms with E-state index in [-0.39, 0.29) is 16.7 Å². The van der Waals surface area contributed by atoms with Gasteiger partial charge in [0.25, 0.3) is 0 Å². The van der Waals surface area contributed by atoms with Gasteiger partial charge >= 0.3 is 0 Å². The molecule has 0 aliphatic carbocycles. The third kappa shape index (κ3) is 3.54. The Hall–Kier alpha value is -1.40. The van der Waals surface area contributed by atoms with Gasteiger partial charge in [-0.1, -0.05) is 12.1 Å². The van der Waals surface area contributed by atoms with Gasteiger partial charge in [0, 0.05) is 12.8 Å². The molecule has 0 aromatic heterocycles. The molecule has 1 atom stereocenters. The summed E-state index contributed by atoms with van der Waals surface area (Å²) in [5.41, 5.74) is 0.362. The van der Waals surface area contributed by atoms with Crippen molar-refractivity contribution in [1.82, 2.24) is 5.32 Å². The maximum atomic E-state index is 12.1. The largest absolute Gasteiger partial charge is 0.325 e.